The molecule has 0 aliphatic rings. The summed E-state index contributed by atoms with van der Waals surface area (Å²) in [6, 6.07) is 14.4. The normalized spacial score (nSPS) is 11.6. The molecule has 2 rings (SSSR count). The van der Waals surface area contributed by atoms with Crippen molar-refractivity contribution in [2.24, 2.45) is 5.29 Å². The molecule has 0 aliphatic heterocycles. The minimum atomic E-state index is -0.763. The molecule has 0 fully saturated rings. The molecule has 2 aromatic rings. The van der Waals surface area contributed by atoms with Crippen molar-refractivity contribution >= 4 is 12.0 Å². The van der Waals surface area contributed by atoms with Gasteiger partial charge in [-0.25, -0.2) is 5.01 Å². The maximum absolute atomic E-state index is 11.2. The second-order valence-corrected chi connectivity index (χ2v) is 5.13. The molecule has 0 aromatic heterocycles. The molecule has 0 spiro atoms. The van der Waals surface area contributed by atoms with E-state index in [1.54, 1.807) is 18.2 Å². The molecule has 23 heavy (non-hydrogen) atoms. The largest absolute Gasteiger partial charge is 0.489 e. The zero-order valence-corrected chi connectivity index (χ0v) is 12.8. The van der Waals surface area contributed by atoms with Crippen LogP contribution in [-0.2, 0) is 6.61 Å². The van der Waals surface area contributed by atoms with Gasteiger partial charge >= 0.3 is 0 Å². The number of hydrogen-bond donors (Lipinski definition) is 1. The number of nitroso groups, excluding NO2 is 1. The summed E-state index contributed by atoms with van der Waals surface area (Å²) in [6.45, 7) is 1.90. The van der Waals surface area contributed by atoms with E-state index >= 15 is 0 Å². The second kappa shape index (κ2) is 8.05. The highest BCUT2D eigenvalue weighted by Crippen LogP contribution is 2.26. The van der Waals surface area contributed by atoms with Crippen LogP contribution in [0.25, 0.3) is 0 Å². The van der Waals surface area contributed by atoms with Crippen LogP contribution in [0.4, 0.5) is 5.69 Å². The second-order valence-electron chi connectivity index (χ2n) is 5.13. The molecule has 0 bridgehead atoms. The molecule has 0 unspecified atom stereocenters. The first-order valence-corrected chi connectivity index (χ1v) is 7.19. The summed E-state index contributed by atoms with van der Waals surface area (Å²) in [5.41, 5.74) is 1.61. The molecule has 120 valence electrons. The predicted octanol–water partition coefficient (Wildman–Crippen LogP) is 2.95. The van der Waals surface area contributed by atoms with Gasteiger partial charge in [0.05, 0.1) is 23.6 Å². The average molecular weight is 314 g/mol. The van der Waals surface area contributed by atoms with E-state index in [0.29, 0.717) is 29.9 Å². The molecule has 0 radical (unpaired) electrons. The van der Waals surface area contributed by atoms with Gasteiger partial charge in [-0.2, -0.15) is 0 Å². The quantitative estimate of drug-likeness (QED) is 0.460. The van der Waals surface area contributed by atoms with E-state index in [2.05, 4.69) is 5.29 Å². The van der Waals surface area contributed by atoms with E-state index in [4.69, 9.17) is 4.74 Å². The molecule has 0 saturated heterocycles. The van der Waals surface area contributed by atoms with Crippen LogP contribution in [0.5, 0.6) is 5.75 Å². The highest BCUT2D eigenvalue weighted by atomic mass is 16.5. The minimum absolute atomic E-state index is 0.00746. The Bertz CT molecular complexity index is 659. The smallest absolute Gasteiger partial charge is 0.152 e. The zero-order valence-electron chi connectivity index (χ0n) is 12.8. The van der Waals surface area contributed by atoms with Crippen molar-refractivity contribution < 1.29 is 14.6 Å². The lowest BCUT2D eigenvalue weighted by atomic mass is 10.1. The van der Waals surface area contributed by atoms with Crippen LogP contribution in [0.1, 0.15) is 22.8 Å². The highest BCUT2D eigenvalue weighted by molar-refractivity contribution is 5.85. The van der Waals surface area contributed by atoms with E-state index < -0.39 is 6.10 Å². The van der Waals surface area contributed by atoms with Gasteiger partial charge in [0.2, 0.25) is 0 Å². The van der Waals surface area contributed by atoms with Crippen molar-refractivity contribution in [1.82, 2.24) is 0 Å². The Balaban J connectivity index is 2.20. The van der Waals surface area contributed by atoms with E-state index in [0.717, 1.165) is 10.6 Å². The van der Waals surface area contributed by atoms with Gasteiger partial charge < -0.3 is 9.84 Å². The first kappa shape index (κ1) is 16.6. The molecule has 2 aromatic carbocycles. The molecule has 6 nitrogen and oxygen atoms in total. The first-order valence-electron chi connectivity index (χ1n) is 7.19. The Kier molecular flexibility index (Phi) is 5.82. The number of rotatable bonds is 8. The molecule has 1 N–H and O–H groups in total. The fourth-order valence-electron chi connectivity index (χ4n) is 2.10. The summed E-state index contributed by atoms with van der Waals surface area (Å²) in [5.74, 6) is 0.508. The van der Waals surface area contributed by atoms with Crippen molar-refractivity contribution in [3.05, 3.63) is 64.6 Å². The molecular weight excluding hydrogens is 296 g/mol. The van der Waals surface area contributed by atoms with Crippen molar-refractivity contribution in [3.8, 4) is 5.75 Å². The number of hydrogen-bond acceptors (Lipinski definition) is 5. The van der Waals surface area contributed by atoms with Gasteiger partial charge in [0.1, 0.15) is 12.4 Å². The summed E-state index contributed by atoms with van der Waals surface area (Å²) in [6.07, 6.45) is -0.127. The summed E-state index contributed by atoms with van der Waals surface area (Å²) >= 11 is 0. The van der Waals surface area contributed by atoms with Crippen molar-refractivity contribution in [2.75, 3.05) is 11.6 Å². The van der Waals surface area contributed by atoms with Crippen LogP contribution >= 0.6 is 0 Å². The lowest BCUT2D eigenvalue weighted by molar-refractivity contribution is 0.112. The highest BCUT2D eigenvalue weighted by Gasteiger charge is 2.15. The summed E-state index contributed by atoms with van der Waals surface area (Å²) in [4.78, 5) is 22.2. The summed E-state index contributed by atoms with van der Waals surface area (Å²) < 4.78 is 5.68. The standard InChI is InChI=1S/C17H18N2O4/c1-13(21)10-19(18-22)17-9-16(8-7-15(17)11-20)23-12-14-5-3-2-4-6-14/h2-9,11,13,21H,10,12H2,1H3/t13-/m0/s1. The number of ether oxygens (including phenoxy) is 1. The molecule has 6 heteroatoms. The van der Waals surface area contributed by atoms with Crippen LogP contribution < -0.4 is 9.75 Å². The van der Waals surface area contributed by atoms with Gasteiger partial charge in [0.25, 0.3) is 0 Å². The number of anilines is 1. The molecule has 0 aliphatic carbocycles. The fraction of sp³-hybridized carbons (Fsp3) is 0.235. The maximum atomic E-state index is 11.2. The van der Waals surface area contributed by atoms with Gasteiger partial charge in [0, 0.05) is 11.6 Å². The Labute approximate surface area is 134 Å². The number of nitrogens with zero attached hydrogens (tertiary/aromatic N) is 2. The SMILES string of the molecule is C[C@H](O)CN(N=O)c1cc(OCc2ccccc2)ccc1C=O. The van der Waals surface area contributed by atoms with Gasteiger partial charge in [-0.05, 0) is 24.6 Å². The monoisotopic (exact) mass is 314 g/mol. The maximum Gasteiger partial charge on any atom is 0.152 e. The van der Waals surface area contributed by atoms with Crippen LogP contribution in [-0.4, -0.2) is 24.0 Å². The Morgan fingerprint density at radius 1 is 1.26 bits per heavy atom. The predicted molar refractivity (Wildman–Crippen MR) is 87.4 cm³/mol. The van der Waals surface area contributed by atoms with Crippen molar-refractivity contribution in [3.63, 3.8) is 0 Å². The molecular formula is C17H18N2O4. The molecule has 1 atom stereocenters. The number of carbonyl (C=O) groups excluding carboxylic acids is 1. The third-order valence-electron chi connectivity index (χ3n) is 3.19. The number of aliphatic hydroxyl groups excluding tert-OH is 1. The molecule has 0 heterocycles. The third-order valence-corrected chi connectivity index (χ3v) is 3.19. The van der Waals surface area contributed by atoms with Crippen LogP contribution in [0.15, 0.2) is 53.8 Å². The molecule has 0 saturated carbocycles. The van der Waals surface area contributed by atoms with E-state index in [1.165, 1.54) is 6.92 Å². The van der Waals surface area contributed by atoms with Crippen LogP contribution in [0.3, 0.4) is 0 Å². The van der Waals surface area contributed by atoms with Crippen LogP contribution in [0, 0.1) is 4.91 Å². The third kappa shape index (κ3) is 4.62. The van der Waals surface area contributed by atoms with E-state index in [-0.39, 0.29) is 6.54 Å². The van der Waals surface area contributed by atoms with Crippen molar-refractivity contribution in [2.45, 2.75) is 19.6 Å². The van der Waals surface area contributed by atoms with Gasteiger partial charge in [-0.1, -0.05) is 30.3 Å². The van der Waals surface area contributed by atoms with Gasteiger partial charge in [0.15, 0.2) is 6.29 Å². The number of aliphatic hydroxyl groups is 1. The van der Waals surface area contributed by atoms with Crippen molar-refractivity contribution in [1.29, 1.82) is 0 Å². The Morgan fingerprint density at radius 3 is 2.61 bits per heavy atom. The Morgan fingerprint density at radius 2 is 2.00 bits per heavy atom. The number of carbonyl (C=O) groups is 1. The minimum Gasteiger partial charge on any atom is -0.489 e. The average Bonchev–Trinajstić information content (AvgIpc) is 2.58. The fourth-order valence-corrected chi connectivity index (χ4v) is 2.10. The zero-order chi connectivity index (χ0) is 16.7. The van der Waals surface area contributed by atoms with Gasteiger partial charge in [-0.3, -0.25) is 4.79 Å². The van der Waals surface area contributed by atoms with E-state index in [9.17, 15) is 14.8 Å². The number of aldehydes is 1. The topological polar surface area (TPSA) is 79.2 Å². The molecule has 0 amide bonds. The first-order chi connectivity index (χ1) is 11.1. The number of benzene rings is 2. The lowest BCUT2D eigenvalue weighted by Crippen LogP contribution is -2.26. The summed E-state index contributed by atoms with van der Waals surface area (Å²) in [7, 11) is 0. The van der Waals surface area contributed by atoms with E-state index in [1.807, 2.05) is 30.3 Å². The Hall–Kier alpha value is -2.73. The van der Waals surface area contributed by atoms with Crippen LogP contribution in [0.2, 0.25) is 0 Å². The van der Waals surface area contributed by atoms with Gasteiger partial charge in [-0.15, -0.1) is 4.91 Å². The lowest BCUT2D eigenvalue weighted by Gasteiger charge is -2.19. The summed E-state index contributed by atoms with van der Waals surface area (Å²) in [5, 5.41) is 13.4.